The van der Waals surface area contributed by atoms with Crippen LogP contribution in [-0.2, 0) is 15.0 Å². The smallest absolute Gasteiger partial charge is 0.387 e. The number of carbonyl (C=O) groups is 2. The Kier molecular flexibility index (Phi) is 3.21. The van der Waals surface area contributed by atoms with Crippen LogP contribution in [0.3, 0.4) is 0 Å². The standard InChI is InChI=1S/C12H9F3O4/c13-9-3-7(19-11(14)15)1-2-8(9)12(10(17)18)4-6(16)5-12/h1-3,11H,4-5H2,(H,17,18). The van der Waals surface area contributed by atoms with Crippen molar-refractivity contribution in [2.75, 3.05) is 0 Å². The molecule has 0 unspecified atom stereocenters. The van der Waals surface area contributed by atoms with E-state index in [2.05, 4.69) is 4.74 Å². The van der Waals surface area contributed by atoms with E-state index in [-0.39, 0.29) is 24.2 Å². The molecule has 0 aliphatic heterocycles. The highest BCUT2D eigenvalue weighted by Gasteiger charge is 2.52. The molecule has 7 heteroatoms. The first kappa shape index (κ1) is 13.4. The Balaban J connectivity index is 2.35. The fraction of sp³-hybridized carbons (Fsp3) is 0.333. The molecule has 0 amide bonds. The summed E-state index contributed by atoms with van der Waals surface area (Å²) in [6.07, 6.45) is -0.595. The molecule has 0 atom stereocenters. The predicted molar refractivity (Wildman–Crippen MR) is 56.6 cm³/mol. The summed E-state index contributed by atoms with van der Waals surface area (Å²) in [4.78, 5) is 22.2. The molecule has 19 heavy (non-hydrogen) atoms. The van der Waals surface area contributed by atoms with Crippen molar-refractivity contribution in [2.24, 2.45) is 0 Å². The van der Waals surface area contributed by atoms with Gasteiger partial charge in [0.2, 0.25) is 0 Å². The molecule has 4 nitrogen and oxygen atoms in total. The maximum Gasteiger partial charge on any atom is 0.387 e. The van der Waals surface area contributed by atoms with E-state index in [0.29, 0.717) is 6.07 Å². The molecule has 0 heterocycles. The zero-order chi connectivity index (χ0) is 14.2. The Hall–Kier alpha value is -2.05. The first-order chi connectivity index (χ1) is 8.85. The second kappa shape index (κ2) is 4.56. The molecule has 1 fully saturated rings. The Labute approximate surface area is 105 Å². The molecule has 2 rings (SSSR count). The molecule has 0 radical (unpaired) electrons. The van der Waals surface area contributed by atoms with E-state index in [0.717, 1.165) is 12.1 Å². The zero-order valence-corrected chi connectivity index (χ0v) is 9.53. The summed E-state index contributed by atoms with van der Waals surface area (Å²) in [5.74, 6) is -2.97. The normalized spacial score (nSPS) is 17.2. The van der Waals surface area contributed by atoms with Gasteiger partial charge in [-0.25, -0.2) is 4.39 Å². The second-order valence-corrected chi connectivity index (χ2v) is 4.30. The van der Waals surface area contributed by atoms with Crippen molar-refractivity contribution in [3.63, 3.8) is 0 Å². The summed E-state index contributed by atoms with van der Waals surface area (Å²) in [5, 5.41) is 9.12. The van der Waals surface area contributed by atoms with Gasteiger partial charge in [0, 0.05) is 24.5 Å². The molecule has 102 valence electrons. The van der Waals surface area contributed by atoms with Crippen molar-refractivity contribution in [2.45, 2.75) is 24.9 Å². The number of alkyl halides is 2. The van der Waals surface area contributed by atoms with Crippen LogP contribution in [0.2, 0.25) is 0 Å². The molecule has 1 aromatic rings. The van der Waals surface area contributed by atoms with E-state index < -0.39 is 29.6 Å². The van der Waals surface area contributed by atoms with Crippen LogP contribution in [0.25, 0.3) is 0 Å². The maximum atomic E-state index is 13.8. The number of carboxylic acids is 1. The molecule has 1 aromatic carbocycles. The average molecular weight is 274 g/mol. The van der Waals surface area contributed by atoms with Gasteiger partial charge in [0.05, 0.1) is 0 Å². The van der Waals surface area contributed by atoms with Crippen LogP contribution in [0, 0.1) is 5.82 Å². The molecule has 0 aromatic heterocycles. The van der Waals surface area contributed by atoms with Gasteiger partial charge < -0.3 is 9.84 Å². The highest BCUT2D eigenvalue weighted by atomic mass is 19.3. The van der Waals surface area contributed by atoms with Crippen molar-refractivity contribution < 1.29 is 32.6 Å². The van der Waals surface area contributed by atoms with Gasteiger partial charge in [0.15, 0.2) is 0 Å². The minimum absolute atomic E-state index is 0.193. The van der Waals surface area contributed by atoms with Crippen LogP contribution in [-0.4, -0.2) is 23.5 Å². The van der Waals surface area contributed by atoms with Crippen LogP contribution in [0.4, 0.5) is 13.2 Å². The Morgan fingerprint density at radius 3 is 2.42 bits per heavy atom. The zero-order valence-electron chi connectivity index (χ0n) is 9.53. The monoisotopic (exact) mass is 274 g/mol. The van der Waals surface area contributed by atoms with Crippen LogP contribution < -0.4 is 4.74 Å². The molecule has 1 N–H and O–H groups in total. The molecule has 0 bridgehead atoms. The SMILES string of the molecule is O=C1CC(C(=O)O)(c2ccc(OC(F)F)cc2F)C1. The summed E-state index contributed by atoms with van der Waals surface area (Å²) >= 11 is 0. The number of rotatable bonds is 4. The van der Waals surface area contributed by atoms with E-state index in [1.807, 2.05) is 0 Å². The molecule has 1 saturated carbocycles. The number of carboxylic acid groups (broad SMARTS) is 1. The van der Waals surface area contributed by atoms with Crippen LogP contribution in [0.1, 0.15) is 18.4 Å². The molecule has 0 spiro atoms. The highest BCUT2D eigenvalue weighted by molar-refractivity contribution is 6.01. The van der Waals surface area contributed by atoms with Crippen molar-refractivity contribution in [1.29, 1.82) is 0 Å². The number of hydrogen-bond donors (Lipinski definition) is 1. The number of carbonyl (C=O) groups excluding carboxylic acids is 1. The van der Waals surface area contributed by atoms with Gasteiger partial charge in [-0.15, -0.1) is 0 Å². The second-order valence-electron chi connectivity index (χ2n) is 4.30. The Bertz CT molecular complexity index is 534. The van der Waals surface area contributed by atoms with Crippen molar-refractivity contribution >= 4 is 11.8 Å². The Morgan fingerprint density at radius 2 is 2.00 bits per heavy atom. The number of halogens is 3. The van der Waals surface area contributed by atoms with E-state index >= 15 is 0 Å². The molecule has 1 aliphatic carbocycles. The average Bonchev–Trinajstić information content (AvgIpc) is 2.24. The van der Waals surface area contributed by atoms with Crippen LogP contribution in [0.5, 0.6) is 5.75 Å². The van der Waals surface area contributed by atoms with Crippen molar-refractivity contribution in [1.82, 2.24) is 0 Å². The number of ether oxygens (including phenoxy) is 1. The minimum Gasteiger partial charge on any atom is -0.481 e. The van der Waals surface area contributed by atoms with Crippen LogP contribution >= 0.6 is 0 Å². The number of ketones is 1. The van der Waals surface area contributed by atoms with E-state index in [4.69, 9.17) is 5.11 Å². The van der Waals surface area contributed by atoms with Crippen molar-refractivity contribution in [3.05, 3.63) is 29.6 Å². The van der Waals surface area contributed by atoms with Gasteiger partial charge in [0.25, 0.3) is 0 Å². The van der Waals surface area contributed by atoms with E-state index in [1.165, 1.54) is 0 Å². The fourth-order valence-electron chi connectivity index (χ4n) is 2.14. The lowest BCUT2D eigenvalue weighted by molar-refractivity contribution is -0.153. The lowest BCUT2D eigenvalue weighted by atomic mass is 9.63. The third-order valence-electron chi connectivity index (χ3n) is 3.09. The number of benzene rings is 1. The summed E-state index contributed by atoms with van der Waals surface area (Å²) in [5.41, 5.74) is -1.79. The molecular weight excluding hydrogens is 265 g/mol. The largest absolute Gasteiger partial charge is 0.481 e. The lowest BCUT2D eigenvalue weighted by Crippen LogP contribution is -2.48. The molecule has 0 saturated heterocycles. The lowest BCUT2D eigenvalue weighted by Gasteiger charge is -2.36. The van der Waals surface area contributed by atoms with Gasteiger partial charge in [-0.2, -0.15) is 8.78 Å². The predicted octanol–water partition coefficient (Wildman–Crippen LogP) is 2.11. The van der Waals surface area contributed by atoms with Gasteiger partial charge in [0.1, 0.15) is 22.8 Å². The summed E-state index contributed by atoms with van der Waals surface area (Å²) in [7, 11) is 0. The topological polar surface area (TPSA) is 63.6 Å². The van der Waals surface area contributed by atoms with E-state index in [9.17, 15) is 22.8 Å². The van der Waals surface area contributed by atoms with Gasteiger partial charge in [-0.3, -0.25) is 9.59 Å². The molecular formula is C12H9F3O4. The maximum absolute atomic E-state index is 13.8. The first-order valence-electron chi connectivity index (χ1n) is 5.35. The quantitative estimate of drug-likeness (QED) is 0.913. The number of hydrogen-bond acceptors (Lipinski definition) is 3. The van der Waals surface area contributed by atoms with E-state index in [1.54, 1.807) is 0 Å². The fourth-order valence-corrected chi connectivity index (χ4v) is 2.14. The third-order valence-corrected chi connectivity index (χ3v) is 3.09. The number of Topliss-reactive ketones (excluding diaryl/α,β-unsaturated/α-hetero) is 1. The third kappa shape index (κ3) is 2.27. The number of aliphatic carboxylic acids is 1. The summed E-state index contributed by atoms with van der Waals surface area (Å²) < 4.78 is 41.7. The Morgan fingerprint density at radius 1 is 1.37 bits per heavy atom. The van der Waals surface area contributed by atoms with Crippen molar-refractivity contribution in [3.8, 4) is 5.75 Å². The first-order valence-corrected chi connectivity index (χ1v) is 5.35. The van der Waals surface area contributed by atoms with Gasteiger partial charge in [-0.05, 0) is 6.07 Å². The van der Waals surface area contributed by atoms with Gasteiger partial charge >= 0.3 is 12.6 Å². The van der Waals surface area contributed by atoms with Crippen LogP contribution in [0.15, 0.2) is 18.2 Å². The minimum atomic E-state index is -3.09. The highest BCUT2D eigenvalue weighted by Crippen LogP contribution is 2.43. The summed E-state index contributed by atoms with van der Waals surface area (Å²) in [6, 6.07) is 2.81. The molecule has 1 aliphatic rings. The summed E-state index contributed by atoms with van der Waals surface area (Å²) in [6.45, 7) is -3.09. The van der Waals surface area contributed by atoms with Gasteiger partial charge in [-0.1, -0.05) is 6.07 Å².